The Balaban J connectivity index is 2.15. The molecule has 1 saturated carbocycles. The van der Waals surface area contributed by atoms with Crippen molar-refractivity contribution in [2.24, 2.45) is 0 Å². The number of benzene rings is 2. The molecule has 0 heterocycles. The number of nitro groups is 1. The molecule has 7 heteroatoms. The molecule has 1 aliphatic rings. The Labute approximate surface area is 155 Å². The lowest BCUT2D eigenvalue weighted by molar-refractivity contribution is -0.387. The van der Waals surface area contributed by atoms with E-state index in [1.165, 1.54) is 12.5 Å². The highest BCUT2D eigenvalue weighted by Crippen LogP contribution is 2.46. The quantitative estimate of drug-likeness (QED) is 0.392. The van der Waals surface area contributed by atoms with Crippen LogP contribution in [-0.2, 0) is 0 Å². The normalized spacial score (nSPS) is 14.3. The van der Waals surface area contributed by atoms with Gasteiger partial charge in [-0.2, -0.15) is 0 Å². The number of ether oxygens (including phenoxy) is 1. The summed E-state index contributed by atoms with van der Waals surface area (Å²) < 4.78 is 5.46. The van der Waals surface area contributed by atoms with Gasteiger partial charge in [-0.25, -0.2) is 0 Å². The highest BCUT2D eigenvalue weighted by Gasteiger charge is 2.26. The molecule has 126 valence electrons. The average Bonchev–Trinajstić information content (AvgIpc) is 2.49. The van der Waals surface area contributed by atoms with Gasteiger partial charge >= 0.3 is 0 Å². The number of nitrogens with zero attached hydrogens (tertiary/aromatic N) is 1. The molecule has 0 atom stereocenters. The maximum atomic E-state index is 11.1. The molecule has 1 aliphatic carbocycles. The van der Waals surface area contributed by atoms with E-state index in [4.69, 9.17) is 27.9 Å². The second-order valence-corrected chi connectivity index (χ2v) is 6.99. The maximum Gasteiger partial charge on any atom is 0.285 e. The lowest BCUT2D eigenvalue weighted by Crippen LogP contribution is -2.10. The minimum absolute atomic E-state index is 0.113. The Morgan fingerprint density at radius 3 is 2.54 bits per heavy atom. The van der Waals surface area contributed by atoms with Crippen LogP contribution in [0.25, 0.3) is 11.1 Å². The van der Waals surface area contributed by atoms with Crippen LogP contribution in [0.3, 0.4) is 0 Å². The topological polar surface area (TPSA) is 52.4 Å². The van der Waals surface area contributed by atoms with Gasteiger partial charge in [0.2, 0.25) is 0 Å². The molecule has 0 bridgehead atoms. The molecule has 0 spiro atoms. The Kier molecular flexibility index (Phi) is 4.95. The third-order valence-electron chi connectivity index (χ3n) is 4.43. The van der Waals surface area contributed by atoms with Crippen molar-refractivity contribution in [2.75, 3.05) is 7.11 Å². The predicted octanol–water partition coefficient (Wildman–Crippen LogP) is 6.13. The maximum absolute atomic E-state index is 11.1. The summed E-state index contributed by atoms with van der Waals surface area (Å²) in [6, 6.07) is 7.04. The van der Waals surface area contributed by atoms with Gasteiger partial charge in [-0.3, -0.25) is 10.1 Å². The number of methoxy groups -OCH3 is 1. The third kappa shape index (κ3) is 2.96. The fourth-order valence-electron chi connectivity index (χ4n) is 2.93. The molecule has 0 amide bonds. The molecule has 0 aliphatic heterocycles. The van der Waals surface area contributed by atoms with Crippen molar-refractivity contribution < 1.29 is 9.66 Å². The molecular formula is C17H15Cl2NO3S. The summed E-state index contributed by atoms with van der Waals surface area (Å²) in [5.74, 6) is 1.30. The standard InChI is InChI=1S/C17H15Cl2NO3S/c1-23-14-6-5-10(7-11(14)9-3-2-4-9)15-12(18)8-13(20(21)22)17(24)16(15)19/h5-9,24H,2-4H2,1H3. The highest BCUT2D eigenvalue weighted by atomic mass is 35.5. The van der Waals surface area contributed by atoms with Crippen LogP contribution in [0.2, 0.25) is 10.0 Å². The molecule has 0 saturated heterocycles. The van der Waals surface area contributed by atoms with E-state index < -0.39 is 4.92 Å². The molecule has 0 N–H and O–H groups in total. The van der Waals surface area contributed by atoms with Gasteiger partial charge in [0.25, 0.3) is 5.69 Å². The van der Waals surface area contributed by atoms with Crippen molar-refractivity contribution in [3.63, 3.8) is 0 Å². The fraction of sp³-hybridized carbons (Fsp3) is 0.294. The van der Waals surface area contributed by atoms with Crippen molar-refractivity contribution in [2.45, 2.75) is 30.1 Å². The van der Waals surface area contributed by atoms with Crippen LogP contribution in [0.4, 0.5) is 5.69 Å². The van der Waals surface area contributed by atoms with E-state index in [0.29, 0.717) is 11.5 Å². The molecule has 0 unspecified atom stereocenters. The van der Waals surface area contributed by atoms with E-state index in [2.05, 4.69) is 12.6 Å². The average molecular weight is 384 g/mol. The Bertz CT molecular complexity index is 822. The van der Waals surface area contributed by atoms with E-state index >= 15 is 0 Å². The Morgan fingerprint density at radius 1 is 1.29 bits per heavy atom. The van der Waals surface area contributed by atoms with Gasteiger partial charge in [-0.15, -0.1) is 12.6 Å². The van der Waals surface area contributed by atoms with E-state index in [9.17, 15) is 10.1 Å². The number of hydrogen-bond acceptors (Lipinski definition) is 4. The van der Waals surface area contributed by atoms with Crippen LogP contribution in [0.5, 0.6) is 5.75 Å². The lowest BCUT2D eigenvalue weighted by atomic mass is 9.79. The van der Waals surface area contributed by atoms with Crippen LogP contribution in [0.1, 0.15) is 30.7 Å². The van der Waals surface area contributed by atoms with E-state index in [1.807, 2.05) is 18.2 Å². The zero-order valence-electron chi connectivity index (χ0n) is 12.9. The van der Waals surface area contributed by atoms with Gasteiger partial charge in [0.1, 0.15) is 10.6 Å². The molecular weight excluding hydrogens is 369 g/mol. The Hall–Kier alpha value is -1.43. The summed E-state index contributed by atoms with van der Waals surface area (Å²) in [7, 11) is 1.65. The summed E-state index contributed by atoms with van der Waals surface area (Å²) in [5, 5.41) is 11.5. The molecule has 3 rings (SSSR count). The number of halogens is 2. The number of hydrogen-bond donors (Lipinski definition) is 1. The van der Waals surface area contributed by atoms with Gasteiger partial charge in [-0.05, 0) is 42.0 Å². The van der Waals surface area contributed by atoms with Crippen LogP contribution in [0, 0.1) is 10.1 Å². The smallest absolute Gasteiger partial charge is 0.285 e. The van der Waals surface area contributed by atoms with Gasteiger partial charge < -0.3 is 4.74 Å². The zero-order valence-corrected chi connectivity index (χ0v) is 15.3. The summed E-state index contributed by atoms with van der Waals surface area (Å²) in [4.78, 5) is 10.6. The molecule has 0 radical (unpaired) electrons. The van der Waals surface area contributed by atoms with Crippen molar-refractivity contribution >= 4 is 41.5 Å². The molecule has 0 aromatic heterocycles. The second kappa shape index (κ2) is 6.82. The van der Waals surface area contributed by atoms with Crippen LogP contribution < -0.4 is 4.74 Å². The molecule has 4 nitrogen and oxygen atoms in total. The summed E-state index contributed by atoms with van der Waals surface area (Å²) in [6.45, 7) is 0. The van der Waals surface area contributed by atoms with Gasteiger partial charge in [0.15, 0.2) is 0 Å². The molecule has 24 heavy (non-hydrogen) atoms. The van der Waals surface area contributed by atoms with Crippen LogP contribution in [-0.4, -0.2) is 12.0 Å². The van der Waals surface area contributed by atoms with E-state index in [-0.39, 0.29) is 20.6 Å². The minimum atomic E-state index is -0.544. The fourth-order valence-corrected chi connectivity index (χ4v) is 3.85. The van der Waals surface area contributed by atoms with Gasteiger partial charge in [0.05, 0.1) is 22.1 Å². The summed E-state index contributed by atoms with van der Waals surface area (Å²) in [5.41, 5.74) is 2.27. The second-order valence-electron chi connectivity index (χ2n) is 5.76. The monoisotopic (exact) mass is 383 g/mol. The summed E-state index contributed by atoms with van der Waals surface area (Å²) in [6.07, 6.45) is 3.45. The highest BCUT2D eigenvalue weighted by molar-refractivity contribution is 7.80. The molecule has 1 fully saturated rings. The molecule has 2 aromatic rings. The minimum Gasteiger partial charge on any atom is -0.496 e. The number of thiol groups is 1. The van der Waals surface area contributed by atoms with Crippen molar-refractivity contribution in [1.29, 1.82) is 0 Å². The van der Waals surface area contributed by atoms with Crippen LogP contribution in [0.15, 0.2) is 29.2 Å². The van der Waals surface area contributed by atoms with Crippen LogP contribution >= 0.6 is 35.8 Å². The Morgan fingerprint density at radius 2 is 2.00 bits per heavy atom. The first-order chi connectivity index (χ1) is 11.4. The van der Waals surface area contributed by atoms with Crippen molar-refractivity contribution in [3.05, 3.63) is 50.0 Å². The zero-order chi connectivity index (χ0) is 17.4. The summed E-state index contributed by atoms with van der Waals surface area (Å²) >= 11 is 16.8. The van der Waals surface area contributed by atoms with Gasteiger partial charge in [0, 0.05) is 11.6 Å². The first kappa shape index (κ1) is 17.4. The van der Waals surface area contributed by atoms with Crippen molar-refractivity contribution in [3.8, 4) is 16.9 Å². The first-order valence-corrected chi connectivity index (χ1v) is 8.68. The third-order valence-corrected chi connectivity index (χ3v) is 5.69. The SMILES string of the molecule is COc1ccc(-c2c(Cl)cc([N+](=O)[O-])c(S)c2Cl)cc1C1CCC1. The first-order valence-electron chi connectivity index (χ1n) is 7.47. The van der Waals surface area contributed by atoms with E-state index in [1.54, 1.807) is 7.11 Å². The largest absolute Gasteiger partial charge is 0.496 e. The van der Waals surface area contributed by atoms with Crippen molar-refractivity contribution in [1.82, 2.24) is 0 Å². The van der Waals surface area contributed by atoms with E-state index in [0.717, 1.165) is 29.7 Å². The number of nitro benzene ring substituents is 1. The van der Waals surface area contributed by atoms with Gasteiger partial charge in [-0.1, -0.05) is 35.7 Å². The number of rotatable bonds is 4. The predicted molar refractivity (Wildman–Crippen MR) is 98.9 cm³/mol. The molecule has 2 aromatic carbocycles. The lowest BCUT2D eigenvalue weighted by Gasteiger charge is -2.28.